The summed E-state index contributed by atoms with van der Waals surface area (Å²) in [6.45, 7) is 11.0. The Kier molecular flexibility index (Phi) is 1.67. The van der Waals surface area contributed by atoms with Crippen LogP contribution in [0.15, 0.2) is 0 Å². The average molecular weight is 184 g/mol. The number of aliphatic hydroxyl groups is 1. The molecule has 1 saturated carbocycles. The van der Waals surface area contributed by atoms with Gasteiger partial charge in [-0.05, 0) is 16.7 Å². The zero-order valence-electron chi connectivity index (χ0n) is 9.16. The molecule has 4 atom stereocenters. The van der Waals surface area contributed by atoms with Gasteiger partial charge in [-0.15, -0.1) is 0 Å². The van der Waals surface area contributed by atoms with E-state index in [-0.39, 0.29) is 16.9 Å². The molecule has 0 bridgehead atoms. The van der Waals surface area contributed by atoms with Crippen molar-refractivity contribution in [3.63, 3.8) is 0 Å². The molecule has 0 amide bonds. The van der Waals surface area contributed by atoms with Crippen molar-refractivity contribution in [1.29, 1.82) is 0 Å². The summed E-state index contributed by atoms with van der Waals surface area (Å²) in [6.07, 6.45) is -0.299. The molecule has 1 aliphatic heterocycles. The first-order valence-corrected chi connectivity index (χ1v) is 5.10. The fourth-order valence-corrected chi connectivity index (χ4v) is 2.90. The first-order valence-electron chi connectivity index (χ1n) is 5.10. The molecule has 2 aliphatic rings. The van der Waals surface area contributed by atoms with E-state index >= 15 is 0 Å². The summed E-state index contributed by atoms with van der Waals surface area (Å²) in [4.78, 5) is 0. The Morgan fingerprint density at radius 3 is 1.92 bits per heavy atom. The molecule has 0 spiro atoms. The van der Waals surface area contributed by atoms with E-state index in [0.717, 1.165) is 0 Å². The third kappa shape index (κ3) is 1.15. The lowest BCUT2D eigenvalue weighted by atomic mass is 9.84. The van der Waals surface area contributed by atoms with E-state index < -0.39 is 6.29 Å². The van der Waals surface area contributed by atoms with E-state index in [9.17, 15) is 5.11 Å². The van der Waals surface area contributed by atoms with Gasteiger partial charge >= 0.3 is 0 Å². The second-order valence-electron chi connectivity index (χ2n) is 6.19. The fraction of sp³-hybridized carbons (Fsp3) is 1.00. The van der Waals surface area contributed by atoms with Crippen LogP contribution in [0, 0.1) is 22.7 Å². The molecule has 2 rings (SSSR count). The quantitative estimate of drug-likeness (QED) is 0.624. The van der Waals surface area contributed by atoms with Crippen molar-refractivity contribution in [3.8, 4) is 0 Å². The predicted molar refractivity (Wildman–Crippen MR) is 51.1 cm³/mol. The molecule has 0 unspecified atom stereocenters. The summed E-state index contributed by atoms with van der Waals surface area (Å²) in [5.74, 6) is 0.930. The lowest BCUT2D eigenvalue weighted by molar-refractivity contribution is -0.154. The summed E-state index contributed by atoms with van der Waals surface area (Å²) in [5, 5.41) is 9.69. The van der Waals surface area contributed by atoms with Crippen LogP contribution in [-0.2, 0) is 4.74 Å². The fourth-order valence-electron chi connectivity index (χ4n) is 2.90. The van der Waals surface area contributed by atoms with Gasteiger partial charge in [-0.1, -0.05) is 34.6 Å². The summed E-state index contributed by atoms with van der Waals surface area (Å²) >= 11 is 0. The van der Waals surface area contributed by atoms with Crippen LogP contribution in [-0.4, -0.2) is 17.5 Å². The van der Waals surface area contributed by atoms with Crippen LogP contribution < -0.4 is 0 Å². The third-order valence-corrected chi connectivity index (χ3v) is 3.77. The Morgan fingerprint density at radius 1 is 1.15 bits per heavy atom. The normalized spacial score (nSPS) is 47.5. The molecule has 13 heavy (non-hydrogen) atoms. The predicted octanol–water partition coefficient (Wildman–Crippen LogP) is 2.02. The number of hydrogen-bond donors (Lipinski definition) is 1. The number of ether oxygens (including phenoxy) is 1. The maximum atomic E-state index is 9.69. The molecule has 2 nitrogen and oxygen atoms in total. The van der Waals surface area contributed by atoms with E-state index in [2.05, 4.69) is 34.6 Å². The lowest BCUT2D eigenvalue weighted by Gasteiger charge is -2.31. The summed E-state index contributed by atoms with van der Waals surface area (Å²) in [7, 11) is 0. The topological polar surface area (TPSA) is 29.5 Å². The van der Waals surface area contributed by atoms with E-state index in [1.807, 2.05) is 0 Å². The molecule has 0 aromatic carbocycles. The number of hydrogen-bond acceptors (Lipinski definition) is 2. The van der Waals surface area contributed by atoms with Crippen molar-refractivity contribution >= 4 is 0 Å². The smallest absolute Gasteiger partial charge is 0.158 e. The second-order valence-corrected chi connectivity index (χ2v) is 6.19. The molecular formula is C11H20O2. The van der Waals surface area contributed by atoms with Gasteiger partial charge in [-0.3, -0.25) is 0 Å². The largest absolute Gasteiger partial charge is 0.368 e. The maximum Gasteiger partial charge on any atom is 0.158 e. The Balaban J connectivity index is 2.19. The van der Waals surface area contributed by atoms with Crippen LogP contribution in [0.4, 0.5) is 0 Å². The molecular weight excluding hydrogens is 164 g/mol. The zero-order chi connectivity index (χ0) is 10.0. The minimum absolute atomic E-state index is 0.147. The highest BCUT2D eigenvalue weighted by molar-refractivity contribution is 5.15. The van der Waals surface area contributed by atoms with Crippen molar-refractivity contribution in [2.75, 3.05) is 0 Å². The standard InChI is InChI=1S/C11H20O2/c1-10(2,3)8-6-7(9(12)13-8)11(6,4)5/h6-9,12H,1-5H3/t6-,7+,8-,9-/m1/s1. The highest BCUT2D eigenvalue weighted by Crippen LogP contribution is 2.68. The Bertz CT molecular complexity index is 223. The van der Waals surface area contributed by atoms with Crippen molar-refractivity contribution in [2.45, 2.75) is 47.0 Å². The molecule has 76 valence electrons. The van der Waals surface area contributed by atoms with Gasteiger partial charge in [0.25, 0.3) is 0 Å². The Hall–Kier alpha value is -0.0800. The lowest BCUT2D eigenvalue weighted by Crippen LogP contribution is -2.33. The summed E-state index contributed by atoms with van der Waals surface area (Å²) in [6, 6.07) is 0. The minimum atomic E-state index is -0.524. The number of rotatable bonds is 0. The highest BCUT2D eigenvalue weighted by atomic mass is 16.6. The first kappa shape index (κ1) is 9.47. The van der Waals surface area contributed by atoms with Crippen LogP contribution in [0.1, 0.15) is 34.6 Å². The number of aliphatic hydroxyl groups excluding tert-OH is 1. The van der Waals surface area contributed by atoms with E-state index in [0.29, 0.717) is 11.8 Å². The van der Waals surface area contributed by atoms with Crippen LogP contribution >= 0.6 is 0 Å². The van der Waals surface area contributed by atoms with E-state index in [1.54, 1.807) is 0 Å². The average Bonchev–Trinajstić information content (AvgIpc) is 2.35. The van der Waals surface area contributed by atoms with Gasteiger partial charge in [0.1, 0.15) is 0 Å². The second kappa shape index (κ2) is 2.29. The van der Waals surface area contributed by atoms with Gasteiger partial charge in [0.2, 0.25) is 0 Å². The Labute approximate surface area is 80.3 Å². The van der Waals surface area contributed by atoms with Crippen molar-refractivity contribution in [1.82, 2.24) is 0 Å². The van der Waals surface area contributed by atoms with Gasteiger partial charge < -0.3 is 9.84 Å². The maximum absolute atomic E-state index is 9.69. The molecule has 2 heteroatoms. The zero-order valence-corrected chi connectivity index (χ0v) is 9.16. The molecule has 0 aromatic rings. The van der Waals surface area contributed by atoms with Gasteiger partial charge in [0.05, 0.1) is 6.10 Å². The van der Waals surface area contributed by atoms with Crippen LogP contribution in [0.25, 0.3) is 0 Å². The Morgan fingerprint density at radius 2 is 1.69 bits per heavy atom. The summed E-state index contributed by atoms with van der Waals surface area (Å²) in [5.41, 5.74) is 0.434. The van der Waals surface area contributed by atoms with Crippen molar-refractivity contribution < 1.29 is 9.84 Å². The van der Waals surface area contributed by atoms with Crippen molar-refractivity contribution in [3.05, 3.63) is 0 Å². The van der Waals surface area contributed by atoms with Gasteiger partial charge in [0, 0.05) is 5.92 Å². The van der Waals surface area contributed by atoms with Crippen LogP contribution in [0.3, 0.4) is 0 Å². The van der Waals surface area contributed by atoms with Crippen molar-refractivity contribution in [2.24, 2.45) is 22.7 Å². The first-order chi connectivity index (χ1) is 5.76. The molecule has 0 aromatic heterocycles. The van der Waals surface area contributed by atoms with E-state index in [1.165, 1.54) is 0 Å². The van der Waals surface area contributed by atoms with Gasteiger partial charge in [-0.2, -0.15) is 0 Å². The molecule has 1 N–H and O–H groups in total. The molecule has 1 saturated heterocycles. The van der Waals surface area contributed by atoms with Gasteiger partial charge in [-0.25, -0.2) is 0 Å². The minimum Gasteiger partial charge on any atom is -0.368 e. The van der Waals surface area contributed by atoms with Crippen LogP contribution in [0.5, 0.6) is 0 Å². The van der Waals surface area contributed by atoms with Gasteiger partial charge in [0.15, 0.2) is 6.29 Å². The summed E-state index contributed by atoms with van der Waals surface area (Å²) < 4.78 is 5.58. The van der Waals surface area contributed by atoms with E-state index in [4.69, 9.17) is 4.74 Å². The molecule has 1 heterocycles. The SMILES string of the molecule is CC(C)(C)[C@@H]1O[C@@H](O)[C@@H]2[C@H]1C2(C)C. The molecule has 2 fully saturated rings. The third-order valence-electron chi connectivity index (χ3n) is 3.77. The monoisotopic (exact) mass is 184 g/mol. The molecule has 0 radical (unpaired) electrons. The molecule has 1 aliphatic carbocycles. The van der Waals surface area contributed by atoms with Crippen LogP contribution in [0.2, 0.25) is 0 Å². The number of fused-ring (bicyclic) bond motifs is 1. The highest BCUT2D eigenvalue weighted by Gasteiger charge is 2.71.